The van der Waals surface area contributed by atoms with Crippen LogP contribution in [-0.2, 0) is 23.7 Å². The van der Waals surface area contributed by atoms with Crippen LogP contribution in [0.3, 0.4) is 0 Å². The van der Waals surface area contributed by atoms with E-state index >= 15 is 0 Å². The summed E-state index contributed by atoms with van der Waals surface area (Å²) in [6.45, 7) is 7.01. The predicted molar refractivity (Wildman–Crippen MR) is 54.5 cm³/mol. The Bertz CT molecular complexity index is 288. The molecule has 0 aliphatic carbocycles. The van der Waals surface area contributed by atoms with Crippen molar-refractivity contribution in [3.63, 3.8) is 0 Å². The van der Waals surface area contributed by atoms with Crippen molar-refractivity contribution < 1.29 is 23.7 Å². The molecule has 0 N–H and O–H groups in total. The van der Waals surface area contributed by atoms with Gasteiger partial charge in [0.05, 0.1) is 0 Å². The molecule has 2 rings (SSSR count). The molecule has 0 amide bonds. The quantitative estimate of drug-likeness (QED) is 0.667. The fourth-order valence-electron chi connectivity index (χ4n) is 2.21. The second-order valence-corrected chi connectivity index (χ2v) is 4.63. The van der Waals surface area contributed by atoms with Crippen molar-refractivity contribution in [2.24, 2.45) is 0 Å². The molecule has 2 aliphatic heterocycles. The van der Waals surface area contributed by atoms with Gasteiger partial charge in [0.15, 0.2) is 24.3 Å². The van der Waals surface area contributed by atoms with Crippen LogP contribution in [0.1, 0.15) is 34.1 Å². The molecule has 5 heteroatoms. The monoisotopic (exact) mass is 230 g/mol. The Hall–Kier alpha value is -0.650. The Kier molecular flexibility index (Phi) is 2.94. The lowest BCUT2D eigenvalue weighted by atomic mass is 10.1. The SMILES string of the molecule is CC[C@H]1O[C@@H]2OC(C)(C)O[C@@H]2[C@H]1OC(C)=O. The summed E-state index contributed by atoms with van der Waals surface area (Å²) >= 11 is 0. The lowest BCUT2D eigenvalue weighted by molar-refractivity contribution is -0.218. The van der Waals surface area contributed by atoms with Gasteiger partial charge in [-0.2, -0.15) is 0 Å². The molecule has 4 atom stereocenters. The van der Waals surface area contributed by atoms with Gasteiger partial charge in [-0.05, 0) is 20.3 Å². The molecule has 2 heterocycles. The second kappa shape index (κ2) is 3.98. The summed E-state index contributed by atoms with van der Waals surface area (Å²) in [5, 5.41) is 0. The summed E-state index contributed by atoms with van der Waals surface area (Å²) in [7, 11) is 0. The van der Waals surface area contributed by atoms with Crippen molar-refractivity contribution in [3.8, 4) is 0 Å². The van der Waals surface area contributed by atoms with Crippen molar-refractivity contribution in [1.29, 1.82) is 0 Å². The largest absolute Gasteiger partial charge is 0.457 e. The van der Waals surface area contributed by atoms with Gasteiger partial charge in [0, 0.05) is 6.92 Å². The molecular formula is C11H18O5. The third-order valence-electron chi connectivity index (χ3n) is 2.79. The molecule has 0 radical (unpaired) electrons. The van der Waals surface area contributed by atoms with E-state index < -0.39 is 12.1 Å². The fraction of sp³-hybridized carbons (Fsp3) is 0.909. The molecule has 0 unspecified atom stereocenters. The molecule has 2 saturated heterocycles. The zero-order valence-corrected chi connectivity index (χ0v) is 10.1. The molecular weight excluding hydrogens is 212 g/mol. The van der Waals surface area contributed by atoms with Gasteiger partial charge in [-0.15, -0.1) is 0 Å². The van der Waals surface area contributed by atoms with Gasteiger partial charge < -0.3 is 18.9 Å². The summed E-state index contributed by atoms with van der Waals surface area (Å²) in [5.41, 5.74) is 0. The molecule has 2 fully saturated rings. The predicted octanol–water partition coefficient (Wildman–Crippen LogP) is 1.20. The molecule has 92 valence electrons. The number of carbonyl (C=O) groups excluding carboxylic acids is 1. The average Bonchev–Trinajstić information content (AvgIpc) is 2.59. The van der Waals surface area contributed by atoms with Crippen molar-refractivity contribution in [1.82, 2.24) is 0 Å². The average molecular weight is 230 g/mol. The summed E-state index contributed by atoms with van der Waals surface area (Å²) < 4.78 is 22.2. The highest BCUT2D eigenvalue weighted by atomic mass is 16.8. The maximum atomic E-state index is 11.0. The second-order valence-electron chi connectivity index (χ2n) is 4.63. The first-order chi connectivity index (χ1) is 7.43. The lowest BCUT2D eigenvalue weighted by Crippen LogP contribution is -2.37. The van der Waals surface area contributed by atoms with Crippen LogP contribution >= 0.6 is 0 Å². The normalized spacial score (nSPS) is 40.8. The van der Waals surface area contributed by atoms with Crippen molar-refractivity contribution in [2.75, 3.05) is 0 Å². The van der Waals surface area contributed by atoms with Crippen LogP contribution in [0.2, 0.25) is 0 Å². The fourth-order valence-corrected chi connectivity index (χ4v) is 2.21. The molecule has 0 bridgehead atoms. The molecule has 5 nitrogen and oxygen atoms in total. The minimum absolute atomic E-state index is 0.144. The van der Waals surface area contributed by atoms with Crippen molar-refractivity contribution in [2.45, 2.75) is 64.5 Å². The standard InChI is InChI=1S/C11H18O5/c1-5-7-8(13-6(2)12)9-10(14-7)16-11(3,4)15-9/h7-10H,5H2,1-4H3/t7-,8+,9-,10-/m1/s1. The van der Waals surface area contributed by atoms with E-state index in [0.717, 1.165) is 6.42 Å². The smallest absolute Gasteiger partial charge is 0.303 e. The zero-order valence-electron chi connectivity index (χ0n) is 10.1. The van der Waals surface area contributed by atoms with E-state index in [1.165, 1.54) is 6.92 Å². The summed E-state index contributed by atoms with van der Waals surface area (Å²) in [5.74, 6) is -0.993. The maximum Gasteiger partial charge on any atom is 0.303 e. The van der Waals surface area contributed by atoms with Gasteiger partial charge in [0.25, 0.3) is 0 Å². The van der Waals surface area contributed by atoms with Crippen molar-refractivity contribution >= 4 is 5.97 Å². The Balaban J connectivity index is 2.10. The van der Waals surface area contributed by atoms with E-state index in [-0.39, 0.29) is 24.3 Å². The van der Waals surface area contributed by atoms with E-state index in [4.69, 9.17) is 18.9 Å². The number of ether oxygens (including phenoxy) is 4. The van der Waals surface area contributed by atoms with Gasteiger partial charge in [-0.1, -0.05) is 6.92 Å². The molecule has 0 aromatic rings. The number of esters is 1. The van der Waals surface area contributed by atoms with E-state index in [1.54, 1.807) is 0 Å². The lowest BCUT2D eigenvalue weighted by Gasteiger charge is -2.24. The zero-order chi connectivity index (χ0) is 11.9. The van der Waals surface area contributed by atoms with Crippen LogP contribution in [0.25, 0.3) is 0 Å². The van der Waals surface area contributed by atoms with Gasteiger partial charge in [-0.25, -0.2) is 0 Å². The van der Waals surface area contributed by atoms with E-state index in [9.17, 15) is 4.79 Å². The summed E-state index contributed by atoms with van der Waals surface area (Å²) in [4.78, 5) is 11.0. The van der Waals surface area contributed by atoms with Gasteiger partial charge in [0.2, 0.25) is 0 Å². The highest BCUT2D eigenvalue weighted by molar-refractivity contribution is 5.66. The Morgan fingerprint density at radius 2 is 2.06 bits per heavy atom. The van der Waals surface area contributed by atoms with Gasteiger partial charge >= 0.3 is 5.97 Å². The van der Waals surface area contributed by atoms with Crippen LogP contribution in [0, 0.1) is 0 Å². The number of hydrogen-bond acceptors (Lipinski definition) is 5. The van der Waals surface area contributed by atoms with Gasteiger partial charge in [-0.3, -0.25) is 4.79 Å². The third kappa shape index (κ3) is 2.07. The number of hydrogen-bond donors (Lipinski definition) is 0. The van der Waals surface area contributed by atoms with Crippen LogP contribution < -0.4 is 0 Å². The summed E-state index contributed by atoms with van der Waals surface area (Å²) in [6, 6.07) is 0. The Morgan fingerprint density at radius 1 is 1.38 bits per heavy atom. The number of carbonyl (C=O) groups is 1. The molecule has 0 aromatic carbocycles. The minimum Gasteiger partial charge on any atom is -0.457 e. The van der Waals surface area contributed by atoms with Crippen LogP contribution in [0.4, 0.5) is 0 Å². The van der Waals surface area contributed by atoms with Gasteiger partial charge in [0.1, 0.15) is 6.10 Å². The Labute approximate surface area is 95.0 Å². The highest BCUT2D eigenvalue weighted by Crippen LogP contribution is 2.39. The molecule has 0 spiro atoms. The van der Waals surface area contributed by atoms with E-state index in [0.29, 0.717) is 0 Å². The topological polar surface area (TPSA) is 54.0 Å². The molecule has 0 aromatic heterocycles. The maximum absolute atomic E-state index is 11.0. The van der Waals surface area contributed by atoms with Crippen LogP contribution in [0.5, 0.6) is 0 Å². The molecule has 0 saturated carbocycles. The van der Waals surface area contributed by atoms with Crippen molar-refractivity contribution in [3.05, 3.63) is 0 Å². The number of rotatable bonds is 2. The first-order valence-corrected chi connectivity index (χ1v) is 5.61. The molecule has 16 heavy (non-hydrogen) atoms. The Morgan fingerprint density at radius 3 is 2.62 bits per heavy atom. The van der Waals surface area contributed by atoms with Crippen LogP contribution in [-0.4, -0.2) is 36.4 Å². The summed E-state index contributed by atoms with van der Waals surface area (Å²) in [6.07, 6.45) is -0.490. The van der Waals surface area contributed by atoms with E-state index in [1.807, 2.05) is 20.8 Å². The minimum atomic E-state index is -0.674. The third-order valence-corrected chi connectivity index (χ3v) is 2.79. The first-order valence-electron chi connectivity index (χ1n) is 5.61. The van der Waals surface area contributed by atoms with E-state index in [2.05, 4.69) is 0 Å². The number of fused-ring (bicyclic) bond motifs is 1. The van der Waals surface area contributed by atoms with Crippen LogP contribution in [0.15, 0.2) is 0 Å². The highest BCUT2D eigenvalue weighted by Gasteiger charge is 2.55. The first kappa shape index (κ1) is 11.8. The molecule has 2 aliphatic rings.